The van der Waals surface area contributed by atoms with Crippen LogP contribution in [0.3, 0.4) is 0 Å². The molecular weight excluding hydrogens is 378 g/mol. The molecule has 5 aromatic rings. The van der Waals surface area contributed by atoms with Crippen LogP contribution in [0.5, 0.6) is 0 Å². The third-order valence-corrected chi connectivity index (χ3v) is 5.73. The van der Waals surface area contributed by atoms with Gasteiger partial charge in [0.15, 0.2) is 5.13 Å². The van der Waals surface area contributed by atoms with Crippen LogP contribution in [0.4, 0.5) is 5.13 Å². The molecular formula is C24H17N3OS. The highest BCUT2D eigenvalue weighted by molar-refractivity contribution is 7.22. The molecule has 0 bridgehead atoms. The molecule has 0 aliphatic rings. The van der Waals surface area contributed by atoms with Crippen molar-refractivity contribution in [1.29, 1.82) is 0 Å². The lowest BCUT2D eigenvalue weighted by molar-refractivity contribution is 0.102. The molecule has 0 unspecified atom stereocenters. The van der Waals surface area contributed by atoms with E-state index in [1.807, 2.05) is 79.7 Å². The van der Waals surface area contributed by atoms with Crippen molar-refractivity contribution in [1.82, 2.24) is 9.97 Å². The van der Waals surface area contributed by atoms with Crippen LogP contribution in [0.1, 0.15) is 15.9 Å². The van der Waals surface area contributed by atoms with Gasteiger partial charge < -0.3 is 0 Å². The Morgan fingerprint density at radius 2 is 1.66 bits per heavy atom. The number of hydrogen-bond donors (Lipinski definition) is 1. The second-order valence-electron chi connectivity index (χ2n) is 6.88. The van der Waals surface area contributed by atoms with Gasteiger partial charge in [-0.1, -0.05) is 65.9 Å². The van der Waals surface area contributed by atoms with Crippen LogP contribution in [0, 0.1) is 6.92 Å². The third-order valence-electron chi connectivity index (χ3n) is 4.79. The van der Waals surface area contributed by atoms with E-state index in [-0.39, 0.29) is 5.91 Å². The Kier molecular flexibility index (Phi) is 4.30. The number of anilines is 1. The summed E-state index contributed by atoms with van der Waals surface area (Å²) in [5, 5.41) is 4.39. The summed E-state index contributed by atoms with van der Waals surface area (Å²) in [5.74, 6) is -0.184. The number of aromatic nitrogens is 2. The predicted molar refractivity (Wildman–Crippen MR) is 119 cm³/mol. The van der Waals surface area contributed by atoms with Crippen molar-refractivity contribution in [3.63, 3.8) is 0 Å². The Morgan fingerprint density at radius 3 is 2.52 bits per heavy atom. The Bertz CT molecular complexity index is 1360. The van der Waals surface area contributed by atoms with Crippen LogP contribution in [-0.4, -0.2) is 15.9 Å². The number of carbonyl (C=O) groups is 1. The maximum absolute atomic E-state index is 13.2. The number of aryl methyl sites for hydroxylation is 1. The maximum atomic E-state index is 13.2. The molecule has 1 amide bonds. The minimum Gasteiger partial charge on any atom is -0.298 e. The Morgan fingerprint density at radius 1 is 0.862 bits per heavy atom. The molecule has 5 rings (SSSR count). The van der Waals surface area contributed by atoms with Gasteiger partial charge in [0.05, 0.1) is 27.0 Å². The van der Waals surface area contributed by atoms with E-state index in [2.05, 4.69) is 16.4 Å². The van der Waals surface area contributed by atoms with Crippen molar-refractivity contribution in [2.75, 3.05) is 5.32 Å². The number of pyridine rings is 1. The number of para-hydroxylation sites is 1. The Labute approximate surface area is 171 Å². The van der Waals surface area contributed by atoms with E-state index in [1.54, 1.807) is 0 Å². The number of thiazole rings is 1. The third kappa shape index (κ3) is 3.37. The van der Waals surface area contributed by atoms with Crippen molar-refractivity contribution in [3.05, 3.63) is 90.0 Å². The first-order chi connectivity index (χ1) is 14.2. The van der Waals surface area contributed by atoms with Gasteiger partial charge in [0.1, 0.15) is 0 Å². The first kappa shape index (κ1) is 17.5. The molecule has 0 atom stereocenters. The van der Waals surface area contributed by atoms with E-state index in [4.69, 9.17) is 4.98 Å². The van der Waals surface area contributed by atoms with Gasteiger partial charge in [-0.05, 0) is 36.8 Å². The van der Waals surface area contributed by atoms with E-state index in [9.17, 15) is 4.79 Å². The van der Waals surface area contributed by atoms with E-state index >= 15 is 0 Å². The molecule has 3 aromatic carbocycles. The number of rotatable bonds is 3. The molecule has 2 heterocycles. The maximum Gasteiger partial charge on any atom is 0.258 e. The zero-order chi connectivity index (χ0) is 19.8. The van der Waals surface area contributed by atoms with Gasteiger partial charge in [-0.15, -0.1) is 0 Å². The SMILES string of the molecule is Cc1ccc2nc(NC(=O)c3cc(-c4ccccc4)nc4ccccc34)sc2c1. The summed E-state index contributed by atoms with van der Waals surface area (Å²) >= 11 is 1.48. The molecule has 29 heavy (non-hydrogen) atoms. The molecule has 0 spiro atoms. The number of benzene rings is 3. The van der Waals surface area contributed by atoms with Gasteiger partial charge in [0.25, 0.3) is 5.91 Å². The predicted octanol–water partition coefficient (Wildman–Crippen LogP) is 6.07. The van der Waals surface area contributed by atoms with Crippen molar-refractivity contribution in [2.24, 2.45) is 0 Å². The fourth-order valence-corrected chi connectivity index (χ4v) is 4.33. The average molecular weight is 395 g/mol. The number of fused-ring (bicyclic) bond motifs is 2. The number of nitrogens with one attached hydrogen (secondary N) is 1. The van der Waals surface area contributed by atoms with E-state index < -0.39 is 0 Å². The summed E-state index contributed by atoms with van der Waals surface area (Å²) in [6.07, 6.45) is 0. The highest BCUT2D eigenvalue weighted by Gasteiger charge is 2.16. The lowest BCUT2D eigenvalue weighted by Gasteiger charge is -2.09. The first-order valence-electron chi connectivity index (χ1n) is 9.31. The van der Waals surface area contributed by atoms with E-state index in [0.717, 1.165) is 32.4 Å². The summed E-state index contributed by atoms with van der Waals surface area (Å²) in [6, 6.07) is 25.5. The topological polar surface area (TPSA) is 54.9 Å². The molecule has 0 saturated carbocycles. The lowest BCUT2D eigenvalue weighted by Crippen LogP contribution is -2.13. The number of hydrogen-bond acceptors (Lipinski definition) is 4. The van der Waals surface area contributed by atoms with Gasteiger partial charge in [0, 0.05) is 10.9 Å². The zero-order valence-corrected chi connectivity index (χ0v) is 16.5. The number of carbonyl (C=O) groups excluding carboxylic acids is 1. The van der Waals surface area contributed by atoms with Crippen molar-refractivity contribution < 1.29 is 4.79 Å². The molecule has 4 nitrogen and oxygen atoms in total. The minimum absolute atomic E-state index is 0.184. The smallest absolute Gasteiger partial charge is 0.258 e. The van der Waals surface area contributed by atoms with Gasteiger partial charge in [0.2, 0.25) is 0 Å². The first-order valence-corrected chi connectivity index (χ1v) is 10.1. The van der Waals surface area contributed by atoms with Gasteiger partial charge in [-0.25, -0.2) is 9.97 Å². The summed E-state index contributed by atoms with van der Waals surface area (Å²) < 4.78 is 1.06. The number of amides is 1. The van der Waals surface area contributed by atoms with Gasteiger partial charge in [-0.2, -0.15) is 0 Å². The Hall–Kier alpha value is -3.57. The van der Waals surface area contributed by atoms with Crippen LogP contribution in [0.2, 0.25) is 0 Å². The quantitative estimate of drug-likeness (QED) is 0.403. The molecule has 0 aliphatic carbocycles. The molecule has 0 radical (unpaired) electrons. The van der Waals surface area contributed by atoms with Crippen molar-refractivity contribution in [2.45, 2.75) is 6.92 Å². The molecule has 2 aromatic heterocycles. The lowest BCUT2D eigenvalue weighted by atomic mass is 10.0. The summed E-state index contributed by atoms with van der Waals surface area (Å²) in [5.41, 5.74) is 5.19. The average Bonchev–Trinajstić information content (AvgIpc) is 3.14. The normalized spacial score (nSPS) is 11.1. The van der Waals surface area contributed by atoms with Crippen LogP contribution in [0.25, 0.3) is 32.4 Å². The van der Waals surface area contributed by atoms with E-state index in [1.165, 1.54) is 16.9 Å². The molecule has 5 heteroatoms. The number of nitrogens with zero attached hydrogens (tertiary/aromatic N) is 2. The standard InChI is InChI=1S/C24H17N3OS/c1-15-11-12-20-22(13-15)29-24(26-20)27-23(28)18-14-21(16-7-3-2-4-8-16)25-19-10-6-5-9-17(18)19/h2-14H,1H3,(H,26,27,28). The summed E-state index contributed by atoms with van der Waals surface area (Å²) in [4.78, 5) is 22.5. The highest BCUT2D eigenvalue weighted by atomic mass is 32.1. The van der Waals surface area contributed by atoms with Crippen LogP contribution in [0.15, 0.2) is 78.9 Å². The zero-order valence-electron chi connectivity index (χ0n) is 15.7. The van der Waals surface area contributed by atoms with Gasteiger partial charge in [-0.3, -0.25) is 10.1 Å². The highest BCUT2D eigenvalue weighted by Crippen LogP contribution is 2.29. The molecule has 140 valence electrons. The van der Waals surface area contributed by atoms with Crippen LogP contribution >= 0.6 is 11.3 Å². The summed E-state index contributed by atoms with van der Waals surface area (Å²) in [6.45, 7) is 2.05. The monoisotopic (exact) mass is 395 g/mol. The van der Waals surface area contributed by atoms with Crippen molar-refractivity contribution in [3.8, 4) is 11.3 Å². The Balaban J connectivity index is 1.58. The fourth-order valence-electron chi connectivity index (χ4n) is 3.37. The molecule has 0 fully saturated rings. The fraction of sp³-hybridized carbons (Fsp3) is 0.0417. The molecule has 0 saturated heterocycles. The van der Waals surface area contributed by atoms with Crippen molar-refractivity contribution >= 4 is 43.5 Å². The van der Waals surface area contributed by atoms with E-state index in [0.29, 0.717) is 10.7 Å². The second-order valence-corrected chi connectivity index (χ2v) is 7.91. The molecule has 1 N–H and O–H groups in total. The second kappa shape index (κ2) is 7.11. The minimum atomic E-state index is -0.184. The largest absolute Gasteiger partial charge is 0.298 e. The van der Waals surface area contributed by atoms with Gasteiger partial charge >= 0.3 is 0 Å². The van der Waals surface area contributed by atoms with Crippen LogP contribution < -0.4 is 5.32 Å². The summed E-state index contributed by atoms with van der Waals surface area (Å²) in [7, 11) is 0. The molecule has 0 aliphatic heterocycles. The van der Waals surface area contributed by atoms with Crippen LogP contribution in [-0.2, 0) is 0 Å².